The van der Waals surface area contributed by atoms with Crippen molar-refractivity contribution in [3.05, 3.63) is 89.4 Å². The van der Waals surface area contributed by atoms with Gasteiger partial charge in [0.2, 0.25) is 4.96 Å². The van der Waals surface area contributed by atoms with Gasteiger partial charge in [0.25, 0.3) is 11.1 Å². The first-order valence-electron chi connectivity index (χ1n) is 12.5. The van der Waals surface area contributed by atoms with Gasteiger partial charge in [-0.1, -0.05) is 12.1 Å². The number of aromatic nitrogens is 3. The predicted octanol–water partition coefficient (Wildman–Crippen LogP) is 7.21. The lowest BCUT2D eigenvalue weighted by Gasteiger charge is -2.12. The van der Waals surface area contributed by atoms with Gasteiger partial charge in [0.1, 0.15) is 35.2 Å². The fraction of sp³-hybridized carbons (Fsp3) is 0.138. The number of rotatable bonds is 8. The van der Waals surface area contributed by atoms with E-state index in [2.05, 4.69) is 15.4 Å². The molecular weight excluding hydrogens is 592 g/mol. The summed E-state index contributed by atoms with van der Waals surface area (Å²) in [5, 5.41) is 7.92. The maximum absolute atomic E-state index is 13.8. The molecule has 14 heteroatoms. The largest absolute Gasteiger partial charge is 0.496 e. The Morgan fingerprint density at radius 3 is 2.65 bits per heavy atom. The van der Waals surface area contributed by atoms with Crippen LogP contribution in [0.4, 0.5) is 23.2 Å². The van der Waals surface area contributed by atoms with Crippen LogP contribution in [-0.4, -0.2) is 34.7 Å². The Morgan fingerprint density at radius 1 is 1.07 bits per heavy atom. The second-order valence-corrected chi connectivity index (χ2v) is 10.2. The fourth-order valence-corrected chi connectivity index (χ4v) is 5.02. The molecule has 220 valence electrons. The number of carbonyl (C=O) groups excluding carboxylic acids is 1. The molecular formula is C29H20F4N4O5S. The van der Waals surface area contributed by atoms with E-state index >= 15 is 0 Å². The second-order valence-electron chi connectivity index (χ2n) is 9.24. The molecule has 0 unspecified atom stereocenters. The van der Waals surface area contributed by atoms with E-state index < -0.39 is 29.0 Å². The van der Waals surface area contributed by atoms with E-state index in [1.54, 1.807) is 53.2 Å². The molecule has 3 heterocycles. The van der Waals surface area contributed by atoms with Crippen LogP contribution in [0.15, 0.2) is 71.3 Å². The van der Waals surface area contributed by atoms with Crippen molar-refractivity contribution in [3.8, 4) is 28.1 Å². The smallest absolute Gasteiger partial charge is 0.416 e. The number of methoxy groups -OCH3 is 2. The molecule has 0 spiro atoms. The monoisotopic (exact) mass is 612 g/mol. The molecule has 0 saturated heterocycles. The van der Waals surface area contributed by atoms with Crippen molar-refractivity contribution in [1.29, 1.82) is 0 Å². The molecule has 0 fully saturated rings. The maximum Gasteiger partial charge on any atom is 0.416 e. The number of fused-ring (bicyclic) bond motifs is 2. The number of hydrogen-bond donors (Lipinski definition) is 1. The molecule has 0 radical (unpaired) electrons. The van der Waals surface area contributed by atoms with Crippen LogP contribution in [-0.2, 0) is 12.8 Å². The van der Waals surface area contributed by atoms with Gasteiger partial charge in [-0.05, 0) is 53.3 Å². The van der Waals surface area contributed by atoms with Crippen LogP contribution in [0, 0.1) is 5.82 Å². The summed E-state index contributed by atoms with van der Waals surface area (Å²) < 4.78 is 77.3. The summed E-state index contributed by atoms with van der Waals surface area (Å²) in [6.07, 6.45) is -3.08. The van der Waals surface area contributed by atoms with E-state index in [9.17, 15) is 22.4 Å². The molecule has 0 saturated carbocycles. The van der Waals surface area contributed by atoms with E-state index in [1.165, 1.54) is 25.6 Å². The summed E-state index contributed by atoms with van der Waals surface area (Å²) in [5.74, 6) is -0.621. The van der Waals surface area contributed by atoms with Crippen LogP contribution >= 0.6 is 11.3 Å². The highest BCUT2D eigenvalue weighted by Crippen LogP contribution is 2.38. The first-order chi connectivity index (χ1) is 20.6. The molecule has 1 amide bonds. The number of nitrogens with one attached hydrogen (secondary N) is 1. The fourth-order valence-electron chi connectivity index (χ4n) is 4.32. The predicted molar refractivity (Wildman–Crippen MR) is 149 cm³/mol. The molecule has 6 aromatic rings. The van der Waals surface area contributed by atoms with Crippen LogP contribution in [0.5, 0.6) is 16.7 Å². The van der Waals surface area contributed by atoms with Gasteiger partial charge in [-0.15, -0.1) is 5.10 Å². The Bertz CT molecular complexity index is 1950. The zero-order valence-electron chi connectivity index (χ0n) is 22.4. The van der Waals surface area contributed by atoms with Crippen molar-refractivity contribution in [1.82, 2.24) is 14.6 Å². The minimum absolute atomic E-state index is 0.0641. The topological polar surface area (TPSA) is 100 Å². The summed E-state index contributed by atoms with van der Waals surface area (Å²) in [4.78, 5) is 17.8. The highest BCUT2D eigenvalue weighted by Gasteiger charge is 2.32. The van der Waals surface area contributed by atoms with Gasteiger partial charge in [0.15, 0.2) is 5.76 Å². The van der Waals surface area contributed by atoms with Crippen LogP contribution in [0.2, 0.25) is 0 Å². The first-order valence-corrected chi connectivity index (χ1v) is 13.3. The van der Waals surface area contributed by atoms with E-state index in [-0.39, 0.29) is 12.3 Å². The van der Waals surface area contributed by atoms with Gasteiger partial charge in [-0.3, -0.25) is 4.79 Å². The number of anilines is 1. The Labute approximate surface area is 244 Å². The van der Waals surface area contributed by atoms with Crippen molar-refractivity contribution in [2.24, 2.45) is 0 Å². The van der Waals surface area contributed by atoms with E-state index in [1.807, 2.05) is 0 Å². The van der Waals surface area contributed by atoms with Crippen molar-refractivity contribution < 1.29 is 41.0 Å². The molecule has 0 bridgehead atoms. The number of furan rings is 1. The summed E-state index contributed by atoms with van der Waals surface area (Å²) in [6.45, 7) is 0.0641. The zero-order chi connectivity index (χ0) is 30.3. The van der Waals surface area contributed by atoms with Crippen molar-refractivity contribution in [3.63, 3.8) is 0 Å². The quantitative estimate of drug-likeness (QED) is 0.181. The SMILES string of the molecule is COc1cc(OCc2cccc(NC(=O)c3cc(F)cc(C(F)(F)F)c3)c2)c2cc(-c3cn4nc(OC)sc4n3)oc2c1. The summed E-state index contributed by atoms with van der Waals surface area (Å²) in [7, 11) is 3.04. The number of ether oxygens (including phenoxy) is 3. The molecule has 43 heavy (non-hydrogen) atoms. The average Bonchev–Trinajstić information content (AvgIpc) is 3.68. The Balaban J connectivity index is 1.22. The van der Waals surface area contributed by atoms with Crippen molar-refractivity contribution in [2.75, 3.05) is 19.5 Å². The molecule has 9 nitrogen and oxygen atoms in total. The Morgan fingerprint density at radius 2 is 1.91 bits per heavy atom. The Hall–Kier alpha value is -5.11. The second kappa shape index (κ2) is 10.9. The van der Waals surface area contributed by atoms with Crippen molar-refractivity contribution >= 4 is 38.9 Å². The highest BCUT2D eigenvalue weighted by atomic mass is 32.1. The number of carbonyl (C=O) groups is 1. The van der Waals surface area contributed by atoms with Crippen molar-refractivity contribution in [2.45, 2.75) is 12.8 Å². The lowest BCUT2D eigenvalue weighted by molar-refractivity contribution is -0.137. The Kier molecular flexibility index (Phi) is 7.13. The molecule has 3 aromatic carbocycles. The van der Waals surface area contributed by atoms with Gasteiger partial charge >= 0.3 is 6.18 Å². The van der Waals surface area contributed by atoms with Gasteiger partial charge < -0.3 is 23.9 Å². The van der Waals surface area contributed by atoms with Crippen LogP contribution in [0.1, 0.15) is 21.5 Å². The van der Waals surface area contributed by atoms with Gasteiger partial charge in [0.05, 0.1) is 31.4 Å². The van der Waals surface area contributed by atoms with Crippen LogP contribution in [0.25, 0.3) is 27.4 Å². The molecule has 0 aliphatic carbocycles. The minimum atomic E-state index is -4.80. The molecule has 1 N–H and O–H groups in total. The van der Waals surface area contributed by atoms with E-state index in [0.29, 0.717) is 61.8 Å². The highest BCUT2D eigenvalue weighted by molar-refractivity contribution is 7.18. The van der Waals surface area contributed by atoms with Gasteiger partial charge in [-0.2, -0.15) is 13.2 Å². The number of amides is 1. The number of imidazole rings is 1. The third-order valence-corrected chi connectivity index (χ3v) is 7.21. The summed E-state index contributed by atoms with van der Waals surface area (Å²) >= 11 is 1.28. The molecule has 0 atom stereocenters. The summed E-state index contributed by atoms with van der Waals surface area (Å²) in [5.41, 5.74) is 0.275. The zero-order valence-corrected chi connectivity index (χ0v) is 23.2. The van der Waals surface area contributed by atoms with Gasteiger partial charge in [0, 0.05) is 23.4 Å². The number of hydrogen-bond acceptors (Lipinski definition) is 8. The third kappa shape index (κ3) is 5.81. The molecule has 3 aromatic heterocycles. The van der Waals surface area contributed by atoms with E-state index in [4.69, 9.17) is 18.6 Å². The minimum Gasteiger partial charge on any atom is -0.496 e. The standard InChI is InChI=1S/C29H20F4N4O5S/c1-39-20-10-23(21-12-25(42-24(21)11-20)22-13-37-27(35-22)43-28(36-37)40-2)41-14-15-4-3-5-19(6-15)34-26(38)16-7-17(29(31,32)33)9-18(30)8-16/h3-13H,14H2,1-2H3,(H,34,38). The van der Waals surface area contributed by atoms with E-state index in [0.717, 1.165) is 6.07 Å². The van der Waals surface area contributed by atoms with Crippen LogP contribution < -0.4 is 19.5 Å². The third-order valence-electron chi connectivity index (χ3n) is 6.33. The molecule has 6 rings (SSSR count). The lowest BCUT2D eigenvalue weighted by Crippen LogP contribution is -2.15. The van der Waals surface area contributed by atoms with Gasteiger partial charge in [-0.25, -0.2) is 13.9 Å². The number of nitrogens with zero attached hydrogens (tertiary/aromatic N) is 3. The maximum atomic E-state index is 13.8. The normalized spacial score (nSPS) is 11.7. The molecule has 0 aliphatic rings. The summed E-state index contributed by atoms with van der Waals surface area (Å²) in [6, 6.07) is 13.4. The number of halogens is 4. The van der Waals surface area contributed by atoms with Crippen LogP contribution in [0.3, 0.4) is 0 Å². The average molecular weight is 613 g/mol. The number of alkyl halides is 3. The lowest BCUT2D eigenvalue weighted by atomic mass is 10.1. The molecule has 0 aliphatic heterocycles. The number of benzene rings is 3. The first kappa shape index (κ1) is 28.0.